The number of nitrogens with zero attached hydrogens (tertiary/aromatic N) is 4. The van der Waals surface area contributed by atoms with Crippen LogP contribution in [-0.2, 0) is 5.88 Å². The third-order valence-electron chi connectivity index (χ3n) is 3.04. The molecule has 1 aromatic heterocycles. The fourth-order valence-electron chi connectivity index (χ4n) is 2.13. The number of alkyl halides is 1. The van der Waals surface area contributed by atoms with Gasteiger partial charge in [0, 0.05) is 17.7 Å². The van der Waals surface area contributed by atoms with Gasteiger partial charge in [-0.1, -0.05) is 0 Å². The van der Waals surface area contributed by atoms with E-state index in [1.54, 1.807) is 12.1 Å². The minimum atomic E-state index is -0.485. The van der Waals surface area contributed by atoms with Crippen LogP contribution in [0, 0.1) is 10.1 Å². The molecule has 0 aliphatic rings. The standard InChI is InChI=1S/C13H15ClN4O3/c1-8(2)17-12(7-14)15-16-13(17)9-4-5-11(21-3)10(6-9)18(19)20/h4-6,8H,7H2,1-3H3. The molecular formula is C13H15ClN4O3. The number of methoxy groups -OCH3 is 1. The highest BCUT2D eigenvalue weighted by atomic mass is 35.5. The van der Waals surface area contributed by atoms with E-state index in [2.05, 4.69) is 10.2 Å². The van der Waals surface area contributed by atoms with Crippen LogP contribution in [0.2, 0.25) is 0 Å². The first-order chi connectivity index (χ1) is 9.99. The number of aromatic nitrogens is 3. The van der Waals surface area contributed by atoms with Gasteiger partial charge in [0.1, 0.15) is 5.82 Å². The number of benzene rings is 1. The lowest BCUT2D eigenvalue weighted by Crippen LogP contribution is -2.07. The number of halogens is 1. The van der Waals surface area contributed by atoms with Crippen LogP contribution >= 0.6 is 11.6 Å². The number of nitro groups is 1. The molecule has 0 bridgehead atoms. The van der Waals surface area contributed by atoms with E-state index in [1.807, 2.05) is 18.4 Å². The molecule has 2 aromatic rings. The molecule has 0 N–H and O–H groups in total. The first-order valence-electron chi connectivity index (χ1n) is 6.32. The minimum Gasteiger partial charge on any atom is -0.490 e. The van der Waals surface area contributed by atoms with Gasteiger partial charge < -0.3 is 9.30 Å². The van der Waals surface area contributed by atoms with Gasteiger partial charge in [-0.15, -0.1) is 21.8 Å². The molecule has 1 heterocycles. The van der Waals surface area contributed by atoms with Crippen molar-refractivity contribution in [2.75, 3.05) is 7.11 Å². The Hall–Kier alpha value is -2.15. The van der Waals surface area contributed by atoms with E-state index in [0.717, 1.165) is 0 Å². The van der Waals surface area contributed by atoms with E-state index in [1.165, 1.54) is 13.2 Å². The summed E-state index contributed by atoms with van der Waals surface area (Å²) in [5, 5.41) is 19.2. The lowest BCUT2D eigenvalue weighted by molar-refractivity contribution is -0.385. The monoisotopic (exact) mass is 310 g/mol. The summed E-state index contributed by atoms with van der Waals surface area (Å²) in [7, 11) is 1.39. The Bertz CT molecular complexity index is 669. The van der Waals surface area contributed by atoms with Crippen molar-refractivity contribution in [2.24, 2.45) is 0 Å². The van der Waals surface area contributed by atoms with E-state index in [-0.39, 0.29) is 23.4 Å². The maximum atomic E-state index is 11.1. The zero-order valence-electron chi connectivity index (χ0n) is 11.9. The van der Waals surface area contributed by atoms with Crippen molar-refractivity contribution in [3.05, 3.63) is 34.1 Å². The lowest BCUT2D eigenvalue weighted by atomic mass is 10.1. The summed E-state index contributed by atoms with van der Waals surface area (Å²) in [6, 6.07) is 4.78. The second kappa shape index (κ2) is 6.09. The summed E-state index contributed by atoms with van der Waals surface area (Å²) in [5.41, 5.74) is 0.487. The van der Waals surface area contributed by atoms with Crippen molar-refractivity contribution < 1.29 is 9.66 Å². The summed E-state index contributed by atoms with van der Waals surface area (Å²) >= 11 is 5.85. The van der Waals surface area contributed by atoms with E-state index >= 15 is 0 Å². The first kappa shape index (κ1) is 15.2. The van der Waals surface area contributed by atoms with Crippen molar-refractivity contribution in [3.63, 3.8) is 0 Å². The van der Waals surface area contributed by atoms with Crippen LogP contribution in [0.25, 0.3) is 11.4 Å². The first-order valence-corrected chi connectivity index (χ1v) is 6.85. The molecule has 0 aliphatic heterocycles. The molecular weight excluding hydrogens is 296 g/mol. The predicted octanol–water partition coefficient (Wildman–Crippen LogP) is 3.18. The smallest absolute Gasteiger partial charge is 0.311 e. The van der Waals surface area contributed by atoms with Gasteiger partial charge in [-0.25, -0.2) is 0 Å². The van der Waals surface area contributed by atoms with Crippen LogP contribution in [0.1, 0.15) is 25.7 Å². The molecule has 0 saturated carbocycles. The van der Waals surface area contributed by atoms with Gasteiger partial charge in [0.2, 0.25) is 0 Å². The third-order valence-corrected chi connectivity index (χ3v) is 3.28. The molecule has 0 amide bonds. The van der Waals surface area contributed by atoms with Gasteiger partial charge in [-0.05, 0) is 26.0 Å². The Morgan fingerprint density at radius 3 is 2.67 bits per heavy atom. The topological polar surface area (TPSA) is 83.1 Å². The van der Waals surface area contributed by atoms with E-state index in [4.69, 9.17) is 16.3 Å². The van der Waals surface area contributed by atoms with Crippen LogP contribution < -0.4 is 4.74 Å². The van der Waals surface area contributed by atoms with E-state index in [0.29, 0.717) is 17.2 Å². The van der Waals surface area contributed by atoms with E-state index < -0.39 is 4.92 Å². The Labute approximate surface area is 126 Å². The number of hydrogen-bond donors (Lipinski definition) is 0. The van der Waals surface area contributed by atoms with Crippen LogP contribution in [0.3, 0.4) is 0 Å². The molecule has 0 aliphatic carbocycles. The van der Waals surface area contributed by atoms with Gasteiger partial charge in [0.05, 0.1) is 17.9 Å². The highest BCUT2D eigenvalue weighted by Gasteiger charge is 2.20. The predicted molar refractivity (Wildman–Crippen MR) is 78.6 cm³/mol. The molecule has 0 fully saturated rings. The molecule has 112 valence electrons. The van der Waals surface area contributed by atoms with Crippen molar-refractivity contribution in [3.8, 4) is 17.1 Å². The van der Waals surface area contributed by atoms with E-state index in [9.17, 15) is 10.1 Å². The van der Waals surface area contributed by atoms with Crippen LogP contribution in [0.15, 0.2) is 18.2 Å². The normalized spacial score (nSPS) is 10.9. The second-order valence-electron chi connectivity index (χ2n) is 4.68. The van der Waals surface area contributed by atoms with Crippen LogP contribution in [0.5, 0.6) is 5.75 Å². The molecule has 7 nitrogen and oxygen atoms in total. The maximum Gasteiger partial charge on any atom is 0.311 e. The fraction of sp³-hybridized carbons (Fsp3) is 0.385. The van der Waals surface area contributed by atoms with Gasteiger partial charge in [-0.3, -0.25) is 10.1 Å². The molecule has 0 radical (unpaired) electrons. The van der Waals surface area contributed by atoms with Gasteiger partial charge >= 0.3 is 5.69 Å². The molecule has 0 unspecified atom stereocenters. The molecule has 0 atom stereocenters. The molecule has 0 saturated heterocycles. The molecule has 2 rings (SSSR count). The number of nitro benzene ring substituents is 1. The quantitative estimate of drug-likeness (QED) is 0.481. The van der Waals surface area contributed by atoms with Crippen molar-refractivity contribution >= 4 is 17.3 Å². The minimum absolute atomic E-state index is 0.0879. The van der Waals surface area contributed by atoms with Gasteiger partial charge in [0.15, 0.2) is 11.6 Å². The van der Waals surface area contributed by atoms with Crippen molar-refractivity contribution in [1.82, 2.24) is 14.8 Å². The van der Waals surface area contributed by atoms with Crippen molar-refractivity contribution in [2.45, 2.75) is 25.8 Å². The molecule has 8 heteroatoms. The zero-order valence-corrected chi connectivity index (χ0v) is 12.7. The summed E-state index contributed by atoms with van der Waals surface area (Å²) in [6.07, 6.45) is 0. The maximum absolute atomic E-state index is 11.1. The SMILES string of the molecule is COc1ccc(-c2nnc(CCl)n2C(C)C)cc1[N+](=O)[O-]. The fourth-order valence-corrected chi connectivity index (χ4v) is 2.31. The Kier molecular flexibility index (Phi) is 4.42. The third kappa shape index (κ3) is 2.82. The Morgan fingerprint density at radius 1 is 1.43 bits per heavy atom. The number of rotatable bonds is 5. The zero-order chi connectivity index (χ0) is 15.6. The Morgan fingerprint density at radius 2 is 2.14 bits per heavy atom. The molecule has 1 aromatic carbocycles. The highest BCUT2D eigenvalue weighted by molar-refractivity contribution is 6.16. The van der Waals surface area contributed by atoms with Crippen molar-refractivity contribution in [1.29, 1.82) is 0 Å². The van der Waals surface area contributed by atoms with Crippen LogP contribution in [-0.4, -0.2) is 26.8 Å². The lowest BCUT2D eigenvalue weighted by Gasteiger charge is -2.13. The summed E-state index contributed by atoms with van der Waals surface area (Å²) in [4.78, 5) is 10.6. The van der Waals surface area contributed by atoms with Crippen LogP contribution in [0.4, 0.5) is 5.69 Å². The average molecular weight is 311 g/mol. The largest absolute Gasteiger partial charge is 0.490 e. The summed E-state index contributed by atoms with van der Waals surface area (Å²) in [5.74, 6) is 1.60. The molecule has 21 heavy (non-hydrogen) atoms. The summed E-state index contributed by atoms with van der Waals surface area (Å²) < 4.78 is 6.86. The number of hydrogen-bond acceptors (Lipinski definition) is 5. The molecule has 0 spiro atoms. The second-order valence-corrected chi connectivity index (χ2v) is 4.95. The Balaban J connectivity index is 2.60. The summed E-state index contributed by atoms with van der Waals surface area (Å²) in [6.45, 7) is 3.95. The van der Waals surface area contributed by atoms with Gasteiger partial charge in [0.25, 0.3) is 0 Å². The van der Waals surface area contributed by atoms with Gasteiger partial charge in [-0.2, -0.15) is 0 Å². The number of ether oxygens (including phenoxy) is 1. The highest BCUT2D eigenvalue weighted by Crippen LogP contribution is 2.32. The average Bonchev–Trinajstić information content (AvgIpc) is 2.90.